The van der Waals surface area contributed by atoms with Crippen LogP contribution in [0.4, 0.5) is 5.82 Å². The van der Waals surface area contributed by atoms with Crippen LogP contribution in [0.1, 0.15) is 23.9 Å². The molecule has 4 rings (SSSR count). The number of esters is 1. The average molecular weight is 439 g/mol. The minimum Gasteiger partial charge on any atom is -0.461 e. The number of aromatic nitrogens is 7. The maximum Gasteiger partial charge on any atom is 0.361 e. The van der Waals surface area contributed by atoms with Crippen LogP contribution in [-0.4, -0.2) is 53.1 Å². The second-order valence-electron chi connectivity index (χ2n) is 6.34. The lowest BCUT2D eigenvalue weighted by molar-refractivity contribution is -0.134. The Bertz CT molecular complexity index is 1400. The molecule has 1 N–H and O–H groups in total. The minimum absolute atomic E-state index is 0.0862. The maximum absolute atomic E-state index is 12.8. The van der Waals surface area contributed by atoms with Gasteiger partial charge < -0.3 is 4.74 Å². The molecule has 1 aromatic carbocycles. The second-order valence-corrected chi connectivity index (χ2v) is 6.78. The number of hydrogen-bond donors (Lipinski definition) is 1. The first-order valence-electron chi connectivity index (χ1n) is 9.06. The van der Waals surface area contributed by atoms with E-state index >= 15 is 0 Å². The summed E-state index contributed by atoms with van der Waals surface area (Å²) in [5.41, 5.74) is 4.70. The van der Waals surface area contributed by atoms with Crippen molar-refractivity contribution in [2.75, 3.05) is 12.0 Å². The highest BCUT2D eigenvalue weighted by Crippen LogP contribution is 2.21. The van der Waals surface area contributed by atoms with Crippen LogP contribution in [-0.2, 0) is 16.6 Å². The van der Waals surface area contributed by atoms with Gasteiger partial charge in [0.15, 0.2) is 11.5 Å². The van der Waals surface area contributed by atoms with Gasteiger partial charge in [-0.3, -0.25) is 5.43 Å². The lowest BCUT2D eigenvalue weighted by Crippen LogP contribution is -2.23. The molecule has 4 aromatic rings. The average Bonchev–Trinajstić information content (AvgIpc) is 3.32. The smallest absolute Gasteiger partial charge is 0.361 e. The molecule has 0 radical (unpaired) electrons. The summed E-state index contributed by atoms with van der Waals surface area (Å²) in [6, 6.07) is 7.08. The van der Waals surface area contributed by atoms with Gasteiger partial charge in [-0.25, -0.2) is 14.5 Å². The summed E-state index contributed by atoms with van der Waals surface area (Å²) in [5, 5.41) is 29.9. The number of carbonyl (C=O) groups excluding carboxylic acids is 1. The Morgan fingerprint density at radius 3 is 2.97 bits per heavy atom. The van der Waals surface area contributed by atoms with E-state index in [9.17, 15) is 10.1 Å². The number of aryl methyl sites for hydroxylation is 2. The molecule has 0 fully saturated rings. The molecule has 12 nitrogen and oxygen atoms in total. The number of nitrogens with zero attached hydrogens (tertiary/aromatic N) is 9. The molecule has 0 aliphatic heterocycles. The van der Waals surface area contributed by atoms with E-state index in [2.05, 4.69) is 42.2 Å². The standard InChI is InChI=1S/C18H15ClN10O2/c1-4-31-18(30)15(22-23-16-11(8-20)9(2)25-28(16)3)14-17-24-26-27-29(17)13-6-5-10(19)7-12(13)21-14/h5-7,23H,4H2,1-3H3/b22-15-. The fraction of sp³-hybridized carbons (Fsp3) is 0.222. The Balaban J connectivity index is 1.92. The highest BCUT2D eigenvalue weighted by atomic mass is 35.5. The third-order valence-electron chi connectivity index (χ3n) is 4.38. The van der Waals surface area contributed by atoms with Crippen molar-refractivity contribution >= 4 is 45.8 Å². The molecule has 0 amide bonds. The van der Waals surface area contributed by atoms with Crippen molar-refractivity contribution in [1.82, 2.24) is 34.8 Å². The minimum atomic E-state index is -0.744. The van der Waals surface area contributed by atoms with Gasteiger partial charge in [0.05, 0.1) is 23.3 Å². The number of halogens is 1. The zero-order valence-corrected chi connectivity index (χ0v) is 17.4. The number of hydrogen-bond acceptors (Lipinski definition) is 10. The monoisotopic (exact) mass is 438 g/mol. The van der Waals surface area contributed by atoms with Crippen molar-refractivity contribution in [3.8, 4) is 6.07 Å². The molecule has 0 spiro atoms. The molecule has 0 saturated heterocycles. The first-order valence-corrected chi connectivity index (χ1v) is 9.44. The predicted octanol–water partition coefficient (Wildman–Crippen LogP) is 1.62. The van der Waals surface area contributed by atoms with Crippen molar-refractivity contribution in [3.63, 3.8) is 0 Å². The zero-order chi connectivity index (χ0) is 22.1. The molecule has 0 saturated carbocycles. The number of fused-ring (bicyclic) bond motifs is 3. The number of hydrazone groups is 1. The summed E-state index contributed by atoms with van der Waals surface area (Å²) in [6.07, 6.45) is 0. The van der Waals surface area contributed by atoms with E-state index in [0.717, 1.165) is 0 Å². The number of rotatable bonds is 5. The van der Waals surface area contributed by atoms with Crippen LogP contribution in [0.25, 0.3) is 16.7 Å². The van der Waals surface area contributed by atoms with Crippen molar-refractivity contribution in [2.24, 2.45) is 12.1 Å². The van der Waals surface area contributed by atoms with Gasteiger partial charge in [0.25, 0.3) is 0 Å². The molecule has 31 heavy (non-hydrogen) atoms. The second kappa shape index (κ2) is 7.96. The van der Waals surface area contributed by atoms with Gasteiger partial charge in [0, 0.05) is 12.1 Å². The van der Waals surface area contributed by atoms with Crippen LogP contribution in [0, 0.1) is 18.3 Å². The van der Waals surface area contributed by atoms with Gasteiger partial charge in [-0.2, -0.15) is 20.0 Å². The Labute approximate surface area is 180 Å². The van der Waals surface area contributed by atoms with E-state index in [1.807, 2.05) is 0 Å². The first kappa shape index (κ1) is 20.2. The van der Waals surface area contributed by atoms with Crippen molar-refractivity contribution in [1.29, 1.82) is 5.26 Å². The SMILES string of the molecule is CCOC(=O)/C(=N\Nc1c(C#N)c(C)nn1C)c1nc2cc(Cl)ccc2n2nnnc12. The highest BCUT2D eigenvalue weighted by Gasteiger charge is 2.25. The lowest BCUT2D eigenvalue weighted by Gasteiger charge is -2.09. The van der Waals surface area contributed by atoms with Gasteiger partial charge in [-0.15, -0.1) is 5.10 Å². The number of tetrazole rings is 1. The summed E-state index contributed by atoms with van der Waals surface area (Å²) in [5.74, 6) is -0.438. The van der Waals surface area contributed by atoms with Crippen molar-refractivity contribution in [2.45, 2.75) is 13.8 Å². The first-order chi connectivity index (χ1) is 14.9. The maximum atomic E-state index is 12.8. The molecular formula is C18H15ClN10O2. The molecule has 0 unspecified atom stereocenters. The summed E-state index contributed by atoms with van der Waals surface area (Å²) < 4.78 is 8.03. The highest BCUT2D eigenvalue weighted by molar-refractivity contribution is 6.44. The third-order valence-corrected chi connectivity index (χ3v) is 4.62. The summed E-state index contributed by atoms with van der Waals surface area (Å²) in [6.45, 7) is 3.48. The third kappa shape index (κ3) is 3.51. The van der Waals surface area contributed by atoms with Crippen LogP contribution in [0.5, 0.6) is 0 Å². The van der Waals surface area contributed by atoms with Gasteiger partial charge in [0.1, 0.15) is 17.3 Å². The summed E-state index contributed by atoms with van der Waals surface area (Å²) in [4.78, 5) is 17.3. The van der Waals surface area contributed by atoms with E-state index < -0.39 is 5.97 Å². The number of carbonyl (C=O) groups is 1. The van der Waals surface area contributed by atoms with Crippen molar-refractivity contribution < 1.29 is 9.53 Å². The summed E-state index contributed by atoms with van der Waals surface area (Å²) >= 11 is 6.11. The van der Waals surface area contributed by atoms with E-state index in [1.54, 1.807) is 39.1 Å². The Hall–Kier alpha value is -4.11. The fourth-order valence-electron chi connectivity index (χ4n) is 3.02. The predicted molar refractivity (Wildman–Crippen MR) is 111 cm³/mol. The molecule has 3 heterocycles. The number of anilines is 1. The Morgan fingerprint density at radius 2 is 2.23 bits per heavy atom. The normalized spacial score (nSPS) is 11.6. The molecule has 13 heteroatoms. The van der Waals surface area contributed by atoms with Gasteiger partial charge in [0.2, 0.25) is 5.65 Å². The largest absolute Gasteiger partial charge is 0.461 e. The number of ether oxygens (including phenoxy) is 1. The van der Waals surface area contributed by atoms with E-state index in [4.69, 9.17) is 16.3 Å². The summed E-state index contributed by atoms with van der Waals surface area (Å²) in [7, 11) is 1.65. The van der Waals surface area contributed by atoms with Crippen molar-refractivity contribution in [3.05, 3.63) is 40.2 Å². The molecule has 156 valence electrons. The quantitative estimate of drug-likeness (QED) is 0.278. The number of benzene rings is 1. The molecule has 0 aliphatic carbocycles. The van der Waals surface area contributed by atoms with Gasteiger partial charge in [-0.1, -0.05) is 11.6 Å². The van der Waals surface area contributed by atoms with E-state index in [0.29, 0.717) is 33.1 Å². The Morgan fingerprint density at radius 1 is 1.42 bits per heavy atom. The van der Waals surface area contributed by atoms with E-state index in [1.165, 1.54) is 9.20 Å². The Kier molecular flexibility index (Phi) is 5.18. The van der Waals surface area contributed by atoms with Crippen LogP contribution in [0.2, 0.25) is 5.02 Å². The zero-order valence-electron chi connectivity index (χ0n) is 16.7. The number of nitrogens with one attached hydrogen (secondary N) is 1. The van der Waals surface area contributed by atoms with Crippen LogP contribution in [0.15, 0.2) is 23.3 Å². The molecule has 3 aromatic heterocycles. The topological polar surface area (TPSA) is 148 Å². The molecule has 0 aliphatic rings. The van der Waals surface area contributed by atoms with Crippen LogP contribution in [0.3, 0.4) is 0 Å². The van der Waals surface area contributed by atoms with Crippen LogP contribution < -0.4 is 5.43 Å². The number of nitriles is 1. The molecule has 0 bridgehead atoms. The fourth-order valence-corrected chi connectivity index (χ4v) is 3.18. The lowest BCUT2D eigenvalue weighted by atomic mass is 10.2. The van der Waals surface area contributed by atoms with Gasteiger partial charge in [-0.05, 0) is 42.5 Å². The van der Waals surface area contributed by atoms with E-state index in [-0.39, 0.29) is 23.7 Å². The molecule has 0 atom stereocenters. The molecular weight excluding hydrogens is 424 g/mol. The van der Waals surface area contributed by atoms with Crippen LogP contribution >= 0.6 is 11.6 Å². The van der Waals surface area contributed by atoms with Gasteiger partial charge >= 0.3 is 5.97 Å².